The number of nitrogens with zero attached hydrogens (tertiary/aromatic N) is 8. The molecule has 77 heavy (non-hydrogen) atoms. The highest BCUT2D eigenvalue weighted by atomic mass is 16.4. The maximum atomic E-state index is 13.2. The molecule has 6 aromatic heterocycles. The second-order valence-corrected chi connectivity index (χ2v) is 20.0. The number of nitrogen functional groups attached to an aromatic ring is 3. The van der Waals surface area contributed by atoms with Gasteiger partial charge in [0.05, 0.1) is 28.1 Å². The van der Waals surface area contributed by atoms with E-state index in [-0.39, 0.29) is 19.2 Å². The van der Waals surface area contributed by atoms with Crippen LogP contribution in [0.15, 0.2) is 72.8 Å². The average molecular weight is 1040 g/mol. The second-order valence-electron chi connectivity index (χ2n) is 20.0. The topological polar surface area (TPSA) is 229 Å². The van der Waals surface area contributed by atoms with Crippen LogP contribution in [0.5, 0.6) is 0 Å². The third-order valence-corrected chi connectivity index (χ3v) is 15.7. The molecule has 0 amide bonds. The third-order valence-electron chi connectivity index (χ3n) is 15.7. The van der Waals surface area contributed by atoms with Gasteiger partial charge in [0.25, 0.3) is 11.8 Å². The van der Waals surface area contributed by atoms with Crippen molar-refractivity contribution in [2.45, 2.75) is 165 Å². The molecule has 0 unspecified atom stereocenters. The number of hydrogen-bond acceptors (Lipinski definition) is 9. The number of anilines is 3. The molecule has 3 aromatic carbocycles. The molecule has 0 radical (unpaired) electrons. The van der Waals surface area contributed by atoms with Crippen LogP contribution in [0.1, 0.15) is 169 Å². The maximum Gasteiger partial charge on any atom is 0.336 e. The smallest absolute Gasteiger partial charge is 0.336 e. The third kappa shape index (κ3) is 10.5. The summed E-state index contributed by atoms with van der Waals surface area (Å²) in [6, 6.07) is 23.5. The monoisotopic (exact) mass is 1040 g/mol. The van der Waals surface area contributed by atoms with Crippen molar-refractivity contribution in [1.82, 2.24) is 43.5 Å². The summed E-state index contributed by atoms with van der Waals surface area (Å²) in [6.07, 6.45) is 15.7. The minimum Gasteiger partial charge on any atom is -0.478 e. The minimum atomic E-state index is -0.860. The van der Waals surface area contributed by atoms with E-state index in [9.17, 15) is 14.4 Å². The van der Waals surface area contributed by atoms with Gasteiger partial charge in [0.2, 0.25) is 0 Å². The first-order chi connectivity index (χ1) is 36.9. The van der Waals surface area contributed by atoms with Gasteiger partial charge >= 0.3 is 5.97 Å². The summed E-state index contributed by atoms with van der Waals surface area (Å²) >= 11 is 0. The highest BCUT2D eigenvalue weighted by Gasteiger charge is 2.27. The van der Waals surface area contributed by atoms with Gasteiger partial charge in [-0.05, 0) is 172 Å². The fourth-order valence-corrected chi connectivity index (χ4v) is 11.8. The number of fused-ring (bicyclic) bond motifs is 6. The highest BCUT2D eigenvalue weighted by molar-refractivity contribution is 6.09. The normalized spacial score (nSPS) is 13.5. The molecule has 0 fully saturated rings. The van der Waals surface area contributed by atoms with Gasteiger partial charge in [-0.2, -0.15) is 24.7 Å². The summed E-state index contributed by atoms with van der Waals surface area (Å²) in [5, 5.41) is 27.9. The van der Waals surface area contributed by atoms with Gasteiger partial charge in [-0.1, -0.05) is 46.4 Å². The van der Waals surface area contributed by atoms with Crippen LogP contribution in [0, 0.1) is 0 Å². The van der Waals surface area contributed by atoms with E-state index in [4.69, 9.17) is 22.3 Å². The number of carboxylic acid groups (broad SMARTS) is 1. The Morgan fingerprint density at radius 3 is 1.25 bits per heavy atom. The predicted octanol–water partition coefficient (Wildman–Crippen LogP) is 11.6. The molecule has 16 heteroatoms. The molecule has 0 atom stereocenters. The van der Waals surface area contributed by atoms with Gasteiger partial charge in [0, 0.05) is 91.8 Å². The van der Waals surface area contributed by atoms with Gasteiger partial charge in [-0.25, -0.2) is 4.79 Å². The number of carboxylic acids is 1. The van der Waals surface area contributed by atoms with Crippen molar-refractivity contribution in [3.63, 3.8) is 0 Å². The lowest BCUT2D eigenvalue weighted by molar-refractivity contribution is 0.0698. The van der Waals surface area contributed by atoms with Crippen molar-refractivity contribution < 1.29 is 19.5 Å². The fraction of sp³-hybridized carbons (Fsp3) is 0.410. The number of aryl methyl sites for hydroxylation is 9. The molecule has 6 heterocycles. The summed E-state index contributed by atoms with van der Waals surface area (Å²) in [6.45, 7) is 15.4. The van der Waals surface area contributed by atoms with E-state index in [1.165, 1.54) is 50.5 Å². The Morgan fingerprint density at radius 1 is 0.519 bits per heavy atom. The van der Waals surface area contributed by atoms with Crippen molar-refractivity contribution in [3.05, 3.63) is 140 Å². The number of H-pyrrole nitrogens is 1. The first-order valence-corrected chi connectivity index (χ1v) is 27.6. The molecule has 3 aliphatic rings. The largest absolute Gasteiger partial charge is 0.478 e. The molecule has 9 aromatic rings. The van der Waals surface area contributed by atoms with E-state index >= 15 is 0 Å². The number of nitrogens with two attached hydrogens (primary N) is 3. The summed E-state index contributed by atoms with van der Waals surface area (Å²) in [7, 11) is 0. The van der Waals surface area contributed by atoms with E-state index in [0.717, 1.165) is 158 Å². The zero-order valence-electron chi connectivity index (χ0n) is 45.1. The van der Waals surface area contributed by atoms with Crippen LogP contribution in [-0.2, 0) is 77.4 Å². The zero-order chi connectivity index (χ0) is 53.8. The van der Waals surface area contributed by atoms with Gasteiger partial charge in [0.15, 0.2) is 0 Å². The van der Waals surface area contributed by atoms with Crippen LogP contribution in [0.3, 0.4) is 0 Å². The van der Waals surface area contributed by atoms with E-state index in [1.54, 1.807) is 12.1 Å². The van der Waals surface area contributed by atoms with Crippen molar-refractivity contribution in [2.75, 3.05) is 17.2 Å². The fourth-order valence-electron chi connectivity index (χ4n) is 11.8. The Morgan fingerprint density at radius 2 is 0.883 bits per heavy atom. The van der Waals surface area contributed by atoms with Gasteiger partial charge in [-0.15, -0.1) is 0 Å². The molecule has 0 aliphatic heterocycles. The van der Waals surface area contributed by atoms with Crippen molar-refractivity contribution >= 4 is 67.9 Å². The van der Waals surface area contributed by atoms with Gasteiger partial charge in [0.1, 0.15) is 17.5 Å². The predicted molar refractivity (Wildman–Crippen MR) is 310 cm³/mol. The number of rotatable bonds is 9. The SMILES string of the molecule is C.CCc1cc2c(C(=O)O)cccc2n1CC.CCc1cc2c(C(=O)n3nc4c(c3N)CCCC4)cccc2n1CC.CCc1cc2c(C(=O)n3nc4c(c3N)CCCC4)cccc2n1CC.Nc1n[nH]c2c1CCCC2. The van der Waals surface area contributed by atoms with Crippen LogP contribution in [-0.4, -0.2) is 66.3 Å². The van der Waals surface area contributed by atoms with Crippen LogP contribution in [0.25, 0.3) is 32.7 Å². The lowest BCUT2D eigenvalue weighted by Crippen LogP contribution is -2.16. The maximum absolute atomic E-state index is 13.2. The quantitative estimate of drug-likeness (QED) is 0.0918. The summed E-state index contributed by atoms with van der Waals surface area (Å²) < 4.78 is 9.54. The van der Waals surface area contributed by atoms with E-state index in [0.29, 0.717) is 34.1 Å². The number of benzene rings is 3. The van der Waals surface area contributed by atoms with Gasteiger partial charge in [-0.3, -0.25) is 14.7 Å². The van der Waals surface area contributed by atoms with Crippen molar-refractivity contribution in [1.29, 1.82) is 0 Å². The first-order valence-electron chi connectivity index (χ1n) is 27.6. The number of aromatic nitrogens is 9. The molecule has 3 aliphatic carbocycles. The number of aromatic carboxylic acids is 1. The first kappa shape index (κ1) is 55.4. The average Bonchev–Trinajstić information content (AvgIpc) is 4.34. The minimum absolute atomic E-state index is 0. The Labute approximate surface area is 451 Å². The Hall–Kier alpha value is -7.88. The lowest BCUT2D eigenvalue weighted by atomic mass is 9.98. The van der Waals surface area contributed by atoms with Crippen LogP contribution in [0.4, 0.5) is 17.5 Å². The van der Waals surface area contributed by atoms with E-state index < -0.39 is 5.97 Å². The molecule has 16 nitrogen and oxygen atoms in total. The Kier molecular flexibility index (Phi) is 17.2. The Balaban J connectivity index is 0.000000142. The van der Waals surface area contributed by atoms with Crippen LogP contribution >= 0.6 is 0 Å². The van der Waals surface area contributed by atoms with Crippen LogP contribution < -0.4 is 17.2 Å². The van der Waals surface area contributed by atoms with Gasteiger partial charge < -0.3 is 36.0 Å². The number of hydrogen-bond donors (Lipinski definition) is 5. The second kappa shape index (κ2) is 24.0. The highest BCUT2D eigenvalue weighted by Crippen LogP contribution is 2.32. The molecule has 0 saturated carbocycles. The molecule has 0 bridgehead atoms. The molecule has 406 valence electrons. The van der Waals surface area contributed by atoms with Crippen molar-refractivity contribution in [2.24, 2.45) is 0 Å². The van der Waals surface area contributed by atoms with Crippen molar-refractivity contribution in [3.8, 4) is 0 Å². The zero-order valence-corrected chi connectivity index (χ0v) is 45.1. The summed E-state index contributed by atoms with van der Waals surface area (Å²) in [5.41, 5.74) is 33.4. The molecule has 0 saturated heterocycles. The number of aromatic amines is 1. The van der Waals surface area contributed by atoms with Crippen LogP contribution in [0.2, 0.25) is 0 Å². The molecular formula is C61H78N12O4. The molecule has 12 rings (SSSR count). The van der Waals surface area contributed by atoms with E-state index in [2.05, 4.69) is 99.9 Å². The summed E-state index contributed by atoms with van der Waals surface area (Å²) in [5.74, 6) is 0.614. The van der Waals surface area contributed by atoms with E-state index in [1.807, 2.05) is 36.4 Å². The summed E-state index contributed by atoms with van der Waals surface area (Å²) in [4.78, 5) is 37.5. The molecule has 8 N–H and O–H groups in total. The number of carbonyl (C=O) groups excluding carboxylic acids is 2. The molecular weight excluding hydrogens is 965 g/mol. The molecule has 0 spiro atoms. The lowest BCUT2D eigenvalue weighted by Gasteiger charge is -2.08. The Bertz CT molecular complexity index is 3440. The number of nitrogens with one attached hydrogen (secondary N) is 1. The number of carbonyl (C=O) groups is 3. The standard InChI is InChI=1S/2C20H24N4O.C13H15NO2.C7H11N3.CH4/c2*1-3-13-12-16-14(9-7-11-18(16)23(13)4-2)20(25)24-19(21)15-8-5-6-10-17(15)22-24;1-3-9-8-11-10(13(15)16)6-5-7-12(11)14(9)4-2;8-7-5-3-1-2-4-6(5)9-10-7;/h2*7,9,11-12H,3-6,8,10,21H2,1-2H3;5-8H,3-4H2,1-2H3,(H,15,16);1-4H2,(H3,8,9,10);1H4.